The molecule has 5 nitrogen and oxygen atoms in total. The van der Waals surface area contributed by atoms with Crippen LogP contribution in [0.15, 0.2) is 22.7 Å². The molecule has 1 rings (SSSR count). The SMILES string of the molecule is NC(=O)NCCNCc1cc(Br)ccc1O. The van der Waals surface area contributed by atoms with Crippen LogP contribution in [0.4, 0.5) is 4.79 Å². The number of carbonyl (C=O) groups excluding carboxylic acids is 1. The minimum absolute atomic E-state index is 0.249. The fraction of sp³-hybridized carbons (Fsp3) is 0.300. The summed E-state index contributed by atoms with van der Waals surface area (Å²) in [6, 6.07) is 4.70. The Bertz CT molecular complexity index is 371. The summed E-state index contributed by atoms with van der Waals surface area (Å²) in [5.74, 6) is 0.249. The van der Waals surface area contributed by atoms with Crippen molar-refractivity contribution in [2.45, 2.75) is 6.54 Å². The Kier molecular flexibility index (Phi) is 5.07. The second-order valence-corrected chi connectivity index (χ2v) is 4.16. The average molecular weight is 288 g/mol. The minimum atomic E-state index is -0.535. The zero-order valence-corrected chi connectivity index (χ0v) is 10.3. The second kappa shape index (κ2) is 6.34. The summed E-state index contributed by atoms with van der Waals surface area (Å²) >= 11 is 3.33. The Labute approximate surface area is 102 Å². The first-order valence-electron chi connectivity index (χ1n) is 4.81. The van der Waals surface area contributed by atoms with E-state index in [0.29, 0.717) is 19.6 Å². The van der Waals surface area contributed by atoms with Crippen molar-refractivity contribution in [3.05, 3.63) is 28.2 Å². The molecule has 0 radical (unpaired) electrons. The number of amides is 2. The van der Waals surface area contributed by atoms with Gasteiger partial charge in [-0.05, 0) is 18.2 Å². The molecule has 0 heterocycles. The van der Waals surface area contributed by atoms with Crippen LogP contribution >= 0.6 is 15.9 Å². The summed E-state index contributed by atoms with van der Waals surface area (Å²) in [5, 5.41) is 15.1. The summed E-state index contributed by atoms with van der Waals surface area (Å²) in [4.78, 5) is 10.4. The summed E-state index contributed by atoms with van der Waals surface area (Å²) in [7, 11) is 0. The predicted octanol–water partition coefficient (Wildman–Crippen LogP) is 0.913. The molecule has 2 amide bonds. The van der Waals surface area contributed by atoms with Crippen LogP contribution in [0.3, 0.4) is 0 Å². The molecule has 16 heavy (non-hydrogen) atoms. The number of phenols is 1. The number of urea groups is 1. The van der Waals surface area contributed by atoms with E-state index >= 15 is 0 Å². The Morgan fingerprint density at radius 1 is 1.44 bits per heavy atom. The zero-order valence-electron chi connectivity index (χ0n) is 8.66. The van der Waals surface area contributed by atoms with Gasteiger partial charge in [0.2, 0.25) is 0 Å². The molecule has 5 N–H and O–H groups in total. The van der Waals surface area contributed by atoms with Gasteiger partial charge in [0.15, 0.2) is 0 Å². The molecule has 0 aliphatic carbocycles. The van der Waals surface area contributed by atoms with Crippen molar-refractivity contribution in [1.29, 1.82) is 0 Å². The van der Waals surface area contributed by atoms with Gasteiger partial charge in [0.05, 0.1) is 0 Å². The normalized spacial score (nSPS) is 10.1. The lowest BCUT2D eigenvalue weighted by Crippen LogP contribution is -2.35. The lowest BCUT2D eigenvalue weighted by atomic mass is 10.2. The van der Waals surface area contributed by atoms with E-state index in [1.54, 1.807) is 12.1 Å². The van der Waals surface area contributed by atoms with Crippen molar-refractivity contribution < 1.29 is 9.90 Å². The highest BCUT2D eigenvalue weighted by atomic mass is 79.9. The van der Waals surface area contributed by atoms with Crippen LogP contribution in [0.25, 0.3) is 0 Å². The van der Waals surface area contributed by atoms with Crippen molar-refractivity contribution in [3.8, 4) is 5.75 Å². The summed E-state index contributed by atoms with van der Waals surface area (Å²) in [6.45, 7) is 1.59. The third kappa shape index (κ3) is 4.50. The largest absolute Gasteiger partial charge is 0.508 e. The molecule has 0 bridgehead atoms. The molecule has 0 aliphatic rings. The van der Waals surface area contributed by atoms with Gasteiger partial charge in [0, 0.05) is 29.7 Å². The maximum Gasteiger partial charge on any atom is 0.312 e. The van der Waals surface area contributed by atoms with Crippen LogP contribution in [-0.2, 0) is 6.54 Å². The zero-order chi connectivity index (χ0) is 12.0. The van der Waals surface area contributed by atoms with Crippen LogP contribution in [0.2, 0.25) is 0 Å². The lowest BCUT2D eigenvalue weighted by molar-refractivity contribution is 0.249. The van der Waals surface area contributed by atoms with Gasteiger partial charge in [0.1, 0.15) is 5.75 Å². The number of hydrogen-bond acceptors (Lipinski definition) is 3. The number of rotatable bonds is 5. The third-order valence-electron chi connectivity index (χ3n) is 1.96. The van der Waals surface area contributed by atoms with Gasteiger partial charge in [0.25, 0.3) is 0 Å². The molecular weight excluding hydrogens is 274 g/mol. The fourth-order valence-corrected chi connectivity index (χ4v) is 1.60. The smallest absolute Gasteiger partial charge is 0.312 e. The number of primary amides is 1. The lowest BCUT2D eigenvalue weighted by Gasteiger charge is -2.07. The first kappa shape index (κ1) is 12.8. The number of nitrogens with two attached hydrogens (primary N) is 1. The van der Waals surface area contributed by atoms with Crippen molar-refractivity contribution in [3.63, 3.8) is 0 Å². The quantitative estimate of drug-likeness (QED) is 0.607. The molecule has 0 atom stereocenters. The number of nitrogens with one attached hydrogen (secondary N) is 2. The van der Waals surface area contributed by atoms with E-state index in [0.717, 1.165) is 10.0 Å². The van der Waals surface area contributed by atoms with Crippen LogP contribution < -0.4 is 16.4 Å². The van der Waals surface area contributed by atoms with E-state index in [2.05, 4.69) is 26.6 Å². The monoisotopic (exact) mass is 287 g/mol. The highest BCUT2D eigenvalue weighted by Gasteiger charge is 2.01. The van der Waals surface area contributed by atoms with E-state index in [4.69, 9.17) is 5.73 Å². The van der Waals surface area contributed by atoms with Gasteiger partial charge in [-0.3, -0.25) is 0 Å². The Hall–Kier alpha value is -1.27. The highest BCUT2D eigenvalue weighted by Crippen LogP contribution is 2.21. The van der Waals surface area contributed by atoms with Crippen LogP contribution in [-0.4, -0.2) is 24.2 Å². The highest BCUT2D eigenvalue weighted by molar-refractivity contribution is 9.10. The van der Waals surface area contributed by atoms with E-state index in [9.17, 15) is 9.90 Å². The number of carbonyl (C=O) groups is 1. The van der Waals surface area contributed by atoms with E-state index in [1.165, 1.54) is 0 Å². The van der Waals surface area contributed by atoms with Crippen molar-refractivity contribution in [1.82, 2.24) is 10.6 Å². The molecule has 0 aromatic heterocycles. The molecule has 1 aromatic carbocycles. The number of halogens is 1. The number of aromatic hydroxyl groups is 1. The van der Waals surface area contributed by atoms with Gasteiger partial charge in [-0.25, -0.2) is 4.79 Å². The van der Waals surface area contributed by atoms with Gasteiger partial charge < -0.3 is 21.5 Å². The standard InChI is InChI=1S/C10H14BrN3O2/c11-8-1-2-9(15)7(5-8)6-13-3-4-14-10(12)16/h1-2,5,13,15H,3-4,6H2,(H3,12,14,16). The molecule has 0 aliphatic heterocycles. The van der Waals surface area contributed by atoms with Gasteiger partial charge >= 0.3 is 6.03 Å². The first-order chi connectivity index (χ1) is 7.59. The Balaban J connectivity index is 2.31. The van der Waals surface area contributed by atoms with Crippen molar-refractivity contribution in [2.75, 3.05) is 13.1 Å². The van der Waals surface area contributed by atoms with Crippen molar-refractivity contribution in [2.24, 2.45) is 5.73 Å². The predicted molar refractivity (Wildman–Crippen MR) is 65.1 cm³/mol. The summed E-state index contributed by atoms with van der Waals surface area (Å²) in [5.41, 5.74) is 5.71. The maximum absolute atomic E-state index is 10.4. The fourth-order valence-electron chi connectivity index (χ4n) is 1.19. The van der Waals surface area contributed by atoms with E-state index < -0.39 is 6.03 Å². The number of hydrogen-bond donors (Lipinski definition) is 4. The van der Waals surface area contributed by atoms with Gasteiger partial charge in [-0.2, -0.15) is 0 Å². The number of phenolic OH excluding ortho intramolecular Hbond substituents is 1. The topological polar surface area (TPSA) is 87.4 Å². The Morgan fingerprint density at radius 2 is 2.19 bits per heavy atom. The second-order valence-electron chi connectivity index (χ2n) is 3.24. The molecule has 0 spiro atoms. The molecular formula is C10H14BrN3O2. The van der Waals surface area contributed by atoms with Crippen LogP contribution in [0.1, 0.15) is 5.56 Å². The minimum Gasteiger partial charge on any atom is -0.508 e. The molecule has 6 heteroatoms. The maximum atomic E-state index is 10.4. The molecule has 88 valence electrons. The molecule has 0 saturated heterocycles. The average Bonchev–Trinajstić information content (AvgIpc) is 2.22. The van der Waals surface area contributed by atoms with Crippen LogP contribution in [0, 0.1) is 0 Å². The third-order valence-corrected chi connectivity index (χ3v) is 2.45. The molecule has 1 aromatic rings. The van der Waals surface area contributed by atoms with Crippen LogP contribution in [0.5, 0.6) is 5.75 Å². The van der Waals surface area contributed by atoms with Crippen molar-refractivity contribution >= 4 is 22.0 Å². The van der Waals surface area contributed by atoms with E-state index in [1.807, 2.05) is 6.07 Å². The van der Waals surface area contributed by atoms with Gasteiger partial charge in [-0.1, -0.05) is 15.9 Å². The molecule has 0 unspecified atom stereocenters. The number of benzene rings is 1. The Morgan fingerprint density at radius 3 is 2.88 bits per heavy atom. The summed E-state index contributed by atoms with van der Waals surface area (Å²) < 4.78 is 0.914. The van der Waals surface area contributed by atoms with E-state index in [-0.39, 0.29) is 5.75 Å². The summed E-state index contributed by atoms with van der Waals surface area (Å²) in [6.07, 6.45) is 0. The molecule has 0 saturated carbocycles. The first-order valence-corrected chi connectivity index (χ1v) is 5.60. The molecule has 0 fully saturated rings. The van der Waals surface area contributed by atoms with Gasteiger partial charge in [-0.15, -0.1) is 0 Å².